The summed E-state index contributed by atoms with van der Waals surface area (Å²) in [6.45, 7) is 1.43. The smallest absolute Gasteiger partial charge is 0.355 e. The number of carbonyl (C=O) groups excluding carboxylic acids is 1. The first-order valence-corrected chi connectivity index (χ1v) is 7.28. The van der Waals surface area contributed by atoms with Gasteiger partial charge in [0, 0.05) is 18.5 Å². The molecule has 108 valence electrons. The number of carboxylic acids is 1. The first-order chi connectivity index (χ1) is 10.1. The van der Waals surface area contributed by atoms with Crippen molar-refractivity contribution in [3.8, 4) is 0 Å². The summed E-state index contributed by atoms with van der Waals surface area (Å²) in [4.78, 5) is 28.5. The zero-order valence-electron chi connectivity index (χ0n) is 11.1. The van der Waals surface area contributed by atoms with Crippen LogP contribution in [0.2, 0.25) is 0 Å². The molecule has 1 aliphatic rings. The maximum absolute atomic E-state index is 12.1. The van der Waals surface area contributed by atoms with Crippen LogP contribution in [0.4, 0.5) is 4.79 Å². The Balaban J connectivity index is 1.57. The molecule has 0 bridgehead atoms. The number of thiazole rings is 1. The van der Waals surface area contributed by atoms with E-state index in [4.69, 9.17) is 5.11 Å². The van der Waals surface area contributed by atoms with Crippen LogP contribution in [0.3, 0.4) is 0 Å². The van der Waals surface area contributed by atoms with Crippen LogP contribution in [-0.2, 0) is 19.6 Å². The van der Waals surface area contributed by atoms with E-state index in [9.17, 15) is 9.59 Å². The number of carbonyl (C=O) groups is 2. The number of hydrogen-bond acceptors (Lipinski definition) is 4. The van der Waals surface area contributed by atoms with Gasteiger partial charge in [0.2, 0.25) is 0 Å². The van der Waals surface area contributed by atoms with Gasteiger partial charge in [-0.25, -0.2) is 14.6 Å². The number of amides is 2. The highest BCUT2D eigenvalue weighted by Crippen LogP contribution is 2.22. The minimum atomic E-state index is -1.06. The SMILES string of the molecule is O=C(O)c1csc(CNC(=O)N2Cc3ccccc3C2)n1. The summed E-state index contributed by atoms with van der Waals surface area (Å²) in [6, 6.07) is 7.79. The minimum Gasteiger partial charge on any atom is -0.476 e. The van der Waals surface area contributed by atoms with E-state index in [2.05, 4.69) is 10.3 Å². The summed E-state index contributed by atoms with van der Waals surface area (Å²) in [6.07, 6.45) is 0. The lowest BCUT2D eigenvalue weighted by molar-refractivity contribution is 0.0691. The molecule has 3 rings (SSSR count). The van der Waals surface area contributed by atoms with Crippen LogP contribution in [0.1, 0.15) is 26.6 Å². The van der Waals surface area contributed by atoms with Crippen molar-refractivity contribution in [1.82, 2.24) is 15.2 Å². The highest BCUT2D eigenvalue weighted by Gasteiger charge is 2.22. The second-order valence-corrected chi connectivity index (χ2v) is 5.66. The third-order valence-corrected chi connectivity index (χ3v) is 4.14. The van der Waals surface area contributed by atoms with Gasteiger partial charge in [0.25, 0.3) is 0 Å². The molecule has 6 nitrogen and oxygen atoms in total. The Kier molecular flexibility index (Phi) is 3.57. The number of aromatic carboxylic acids is 1. The predicted molar refractivity (Wildman–Crippen MR) is 77.0 cm³/mol. The number of hydrogen-bond donors (Lipinski definition) is 2. The fourth-order valence-electron chi connectivity index (χ4n) is 2.23. The van der Waals surface area contributed by atoms with Crippen LogP contribution < -0.4 is 5.32 Å². The molecule has 0 radical (unpaired) electrons. The van der Waals surface area contributed by atoms with Gasteiger partial charge in [-0.3, -0.25) is 0 Å². The van der Waals surface area contributed by atoms with Crippen LogP contribution >= 0.6 is 11.3 Å². The van der Waals surface area contributed by atoms with E-state index in [0.29, 0.717) is 18.1 Å². The number of aromatic nitrogens is 1. The quantitative estimate of drug-likeness (QED) is 0.909. The maximum atomic E-state index is 12.1. The summed E-state index contributed by atoms with van der Waals surface area (Å²) in [5.74, 6) is -1.06. The second kappa shape index (κ2) is 5.53. The number of fused-ring (bicyclic) bond motifs is 1. The van der Waals surface area contributed by atoms with Crippen molar-refractivity contribution in [3.63, 3.8) is 0 Å². The Hall–Kier alpha value is -2.41. The lowest BCUT2D eigenvalue weighted by Gasteiger charge is -2.15. The van der Waals surface area contributed by atoms with Gasteiger partial charge in [0.05, 0.1) is 6.54 Å². The van der Waals surface area contributed by atoms with E-state index in [0.717, 1.165) is 11.1 Å². The van der Waals surface area contributed by atoms with E-state index < -0.39 is 5.97 Å². The van der Waals surface area contributed by atoms with Gasteiger partial charge in [-0.15, -0.1) is 11.3 Å². The second-order valence-electron chi connectivity index (χ2n) is 4.72. The molecule has 7 heteroatoms. The van der Waals surface area contributed by atoms with Gasteiger partial charge < -0.3 is 15.3 Å². The van der Waals surface area contributed by atoms with Crippen molar-refractivity contribution in [2.45, 2.75) is 19.6 Å². The Morgan fingerprint density at radius 2 is 1.95 bits per heavy atom. The molecule has 2 heterocycles. The lowest BCUT2D eigenvalue weighted by Crippen LogP contribution is -2.36. The van der Waals surface area contributed by atoms with Gasteiger partial charge in [-0.2, -0.15) is 0 Å². The lowest BCUT2D eigenvalue weighted by atomic mass is 10.1. The van der Waals surface area contributed by atoms with Crippen LogP contribution in [-0.4, -0.2) is 27.0 Å². The molecule has 2 aromatic rings. The molecule has 0 fully saturated rings. The van der Waals surface area contributed by atoms with Crippen LogP contribution in [0, 0.1) is 0 Å². The van der Waals surface area contributed by atoms with E-state index >= 15 is 0 Å². The fraction of sp³-hybridized carbons (Fsp3) is 0.214. The van der Waals surface area contributed by atoms with Crippen molar-refractivity contribution in [2.75, 3.05) is 0 Å². The number of rotatable bonds is 3. The molecule has 0 saturated heterocycles. The first-order valence-electron chi connectivity index (χ1n) is 6.41. The zero-order valence-corrected chi connectivity index (χ0v) is 11.9. The van der Waals surface area contributed by atoms with Crippen molar-refractivity contribution in [3.05, 3.63) is 51.5 Å². The minimum absolute atomic E-state index is 0.0119. The summed E-state index contributed by atoms with van der Waals surface area (Å²) in [5, 5.41) is 13.6. The highest BCUT2D eigenvalue weighted by atomic mass is 32.1. The zero-order chi connectivity index (χ0) is 14.8. The molecule has 1 aromatic heterocycles. The normalized spacial score (nSPS) is 13.0. The molecule has 1 aliphatic heterocycles. The fourth-order valence-corrected chi connectivity index (χ4v) is 2.94. The summed E-state index contributed by atoms with van der Waals surface area (Å²) in [5.41, 5.74) is 2.34. The molecular formula is C14H13N3O3S. The van der Waals surface area contributed by atoms with E-state index in [1.165, 1.54) is 16.7 Å². The average Bonchev–Trinajstić information content (AvgIpc) is 3.11. The Bertz CT molecular complexity index is 673. The topological polar surface area (TPSA) is 82.5 Å². The molecule has 1 aromatic carbocycles. The van der Waals surface area contributed by atoms with Gasteiger partial charge in [-0.05, 0) is 11.1 Å². The number of carboxylic acid groups (broad SMARTS) is 1. The van der Waals surface area contributed by atoms with Gasteiger partial charge in [0.15, 0.2) is 5.69 Å². The number of urea groups is 1. The van der Waals surface area contributed by atoms with Crippen molar-refractivity contribution in [2.24, 2.45) is 0 Å². The van der Waals surface area contributed by atoms with Crippen LogP contribution in [0.5, 0.6) is 0 Å². The largest absolute Gasteiger partial charge is 0.476 e. The van der Waals surface area contributed by atoms with Crippen molar-refractivity contribution in [1.29, 1.82) is 0 Å². The molecule has 0 saturated carbocycles. The maximum Gasteiger partial charge on any atom is 0.355 e. The molecule has 0 aliphatic carbocycles. The summed E-state index contributed by atoms with van der Waals surface area (Å²) in [7, 11) is 0. The number of nitrogens with zero attached hydrogens (tertiary/aromatic N) is 2. The molecule has 0 atom stereocenters. The van der Waals surface area contributed by atoms with E-state index in [-0.39, 0.29) is 18.3 Å². The molecule has 2 N–H and O–H groups in total. The standard InChI is InChI=1S/C14H13N3O3S/c18-13(19)11-8-21-12(16-11)5-15-14(20)17-6-9-3-1-2-4-10(9)7-17/h1-4,8H,5-7H2,(H,15,20)(H,18,19). The molecule has 21 heavy (non-hydrogen) atoms. The third kappa shape index (κ3) is 2.87. The van der Waals surface area contributed by atoms with Gasteiger partial charge in [0.1, 0.15) is 5.01 Å². The molecule has 0 unspecified atom stereocenters. The molecule has 0 spiro atoms. The summed E-state index contributed by atoms with van der Waals surface area (Å²) < 4.78 is 0. The van der Waals surface area contributed by atoms with Gasteiger partial charge >= 0.3 is 12.0 Å². The summed E-state index contributed by atoms with van der Waals surface area (Å²) >= 11 is 1.22. The monoisotopic (exact) mass is 303 g/mol. The number of benzene rings is 1. The molecule has 2 amide bonds. The number of nitrogens with one attached hydrogen (secondary N) is 1. The van der Waals surface area contributed by atoms with Crippen LogP contribution in [0.15, 0.2) is 29.6 Å². The first kappa shape index (κ1) is 13.6. The van der Waals surface area contributed by atoms with Crippen LogP contribution in [0.25, 0.3) is 0 Å². The predicted octanol–water partition coefficient (Wildman–Crippen LogP) is 2.07. The highest BCUT2D eigenvalue weighted by molar-refractivity contribution is 7.09. The van der Waals surface area contributed by atoms with Crippen molar-refractivity contribution >= 4 is 23.3 Å². The molecular weight excluding hydrogens is 290 g/mol. The van der Waals surface area contributed by atoms with Gasteiger partial charge in [-0.1, -0.05) is 24.3 Å². The van der Waals surface area contributed by atoms with E-state index in [1.54, 1.807) is 4.90 Å². The average molecular weight is 303 g/mol. The Morgan fingerprint density at radius 1 is 1.29 bits per heavy atom. The Labute approximate surface area is 125 Å². The third-order valence-electron chi connectivity index (χ3n) is 3.29. The Morgan fingerprint density at radius 3 is 2.52 bits per heavy atom. The van der Waals surface area contributed by atoms with E-state index in [1.807, 2.05) is 24.3 Å². The van der Waals surface area contributed by atoms with Crippen molar-refractivity contribution < 1.29 is 14.7 Å².